The zero-order valence-corrected chi connectivity index (χ0v) is 15.2. The average Bonchev–Trinajstić information content (AvgIpc) is 2.95. The third-order valence-electron chi connectivity index (χ3n) is 4.99. The summed E-state index contributed by atoms with van der Waals surface area (Å²) in [7, 11) is 0. The molecule has 0 saturated heterocycles. The molecule has 0 unspecified atom stereocenters. The SMILES string of the molecule is Cc1ccc(-n2c(C(F)(F)F)nc3sc4c(c3c2=O)CCCC4)cc1C. The molecule has 0 radical (unpaired) electrons. The van der Waals surface area contributed by atoms with E-state index in [2.05, 4.69) is 4.98 Å². The van der Waals surface area contributed by atoms with Gasteiger partial charge in [0.2, 0.25) is 5.82 Å². The predicted octanol–water partition coefficient (Wildman–Crippen LogP) is 4.96. The molecule has 3 nitrogen and oxygen atoms in total. The van der Waals surface area contributed by atoms with Crippen LogP contribution in [-0.4, -0.2) is 9.55 Å². The number of halogens is 3. The maximum atomic E-state index is 13.7. The molecular formula is C19H17F3N2OS. The molecule has 1 aliphatic carbocycles. The van der Waals surface area contributed by atoms with Crippen LogP contribution in [0.15, 0.2) is 23.0 Å². The highest BCUT2D eigenvalue weighted by Crippen LogP contribution is 2.36. The van der Waals surface area contributed by atoms with Gasteiger partial charge in [0, 0.05) is 4.88 Å². The van der Waals surface area contributed by atoms with E-state index in [1.165, 1.54) is 11.3 Å². The summed E-state index contributed by atoms with van der Waals surface area (Å²) >= 11 is 1.23. The third-order valence-corrected chi connectivity index (χ3v) is 6.18. The van der Waals surface area contributed by atoms with Crippen molar-refractivity contribution in [1.29, 1.82) is 0 Å². The summed E-state index contributed by atoms with van der Waals surface area (Å²) in [6, 6.07) is 4.88. The van der Waals surface area contributed by atoms with E-state index in [0.717, 1.165) is 51.8 Å². The molecule has 0 saturated carbocycles. The van der Waals surface area contributed by atoms with Crippen LogP contribution >= 0.6 is 11.3 Å². The number of benzene rings is 1. The molecule has 2 heterocycles. The molecule has 1 aliphatic rings. The van der Waals surface area contributed by atoms with Crippen LogP contribution in [0.1, 0.15) is 40.2 Å². The van der Waals surface area contributed by atoms with Crippen molar-refractivity contribution in [2.45, 2.75) is 45.7 Å². The molecule has 4 rings (SSSR count). The van der Waals surface area contributed by atoms with Crippen molar-refractivity contribution in [2.75, 3.05) is 0 Å². The number of nitrogens with zero attached hydrogens (tertiary/aromatic N) is 2. The highest BCUT2D eigenvalue weighted by atomic mass is 32.1. The summed E-state index contributed by atoms with van der Waals surface area (Å²) in [6.07, 6.45) is -1.23. The van der Waals surface area contributed by atoms with Crippen molar-refractivity contribution in [2.24, 2.45) is 0 Å². The Balaban J connectivity index is 2.10. The normalized spacial score (nSPS) is 14.7. The maximum Gasteiger partial charge on any atom is 0.450 e. The lowest BCUT2D eigenvalue weighted by atomic mass is 9.97. The Bertz CT molecular complexity index is 1080. The summed E-state index contributed by atoms with van der Waals surface area (Å²) in [5.74, 6) is -1.16. The Morgan fingerprint density at radius 1 is 1.12 bits per heavy atom. The zero-order chi connectivity index (χ0) is 18.6. The molecule has 136 valence electrons. The van der Waals surface area contributed by atoms with Gasteiger partial charge in [-0.25, -0.2) is 4.98 Å². The first kappa shape index (κ1) is 17.3. The highest BCUT2D eigenvalue weighted by Gasteiger charge is 2.38. The topological polar surface area (TPSA) is 34.9 Å². The van der Waals surface area contributed by atoms with E-state index in [4.69, 9.17) is 0 Å². The minimum atomic E-state index is -4.71. The van der Waals surface area contributed by atoms with Gasteiger partial charge in [-0.1, -0.05) is 6.07 Å². The van der Waals surface area contributed by atoms with E-state index in [9.17, 15) is 18.0 Å². The summed E-state index contributed by atoms with van der Waals surface area (Å²) in [5, 5.41) is 0.357. The number of hydrogen-bond donors (Lipinski definition) is 0. The Morgan fingerprint density at radius 2 is 1.85 bits per heavy atom. The Kier molecular flexibility index (Phi) is 3.95. The number of aromatic nitrogens is 2. The van der Waals surface area contributed by atoms with Gasteiger partial charge in [0.05, 0.1) is 11.1 Å². The standard InChI is InChI=1S/C19H17F3N2OS/c1-10-7-8-12(9-11(10)2)24-17(25)15-13-5-3-4-6-14(13)26-16(15)23-18(24)19(20,21)22/h7-9H,3-6H2,1-2H3. The number of thiophene rings is 1. The second-order valence-corrected chi connectivity index (χ2v) is 7.82. The van der Waals surface area contributed by atoms with Crippen molar-refractivity contribution in [3.63, 3.8) is 0 Å². The number of aryl methyl sites for hydroxylation is 4. The first-order valence-electron chi connectivity index (χ1n) is 8.49. The number of rotatable bonds is 1. The van der Waals surface area contributed by atoms with E-state index in [1.54, 1.807) is 18.2 Å². The van der Waals surface area contributed by atoms with Crippen molar-refractivity contribution in [3.8, 4) is 5.69 Å². The van der Waals surface area contributed by atoms with Crippen LogP contribution < -0.4 is 5.56 Å². The summed E-state index contributed by atoms with van der Waals surface area (Å²) < 4.78 is 41.8. The van der Waals surface area contributed by atoms with Gasteiger partial charge in [0.15, 0.2) is 0 Å². The molecule has 0 fully saturated rings. The Hall–Kier alpha value is -2.15. The van der Waals surface area contributed by atoms with E-state index < -0.39 is 17.6 Å². The lowest BCUT2D eigenvalue weighted by Gasteiger charge is -2.16. The monoisotopic (exact) mass is 378 g/mol. The molecule has 2 aromatic heterocycles. The lowest BCUT2D eigenvalue weighted by Crippen LogP contribution is -2.29. The van der Waals surface area contributed by atoms with Crippen molar-refractivity contribution < 1.29 is 13.2 Å². The van der Waals surface area contributed by atoms with Crippen LogP contribution in [0.3, 0.4) is 0 Å². The smallest absolute Gasteiger partial charge is 0.268 e. The second-order valence-electron chi connectivity index (χ2n) is 6.73. The zero-order valence-electron chi connectivity index (χ0n) is 14.4. The molecule has 0 amide bonds. The average molecular weight is 378 g/mol. The van der Waals surface area contributed by atoms with Crippen molar-refractivity contribution in [3.05, 3.63) is 55.9 Å². The fourth-order valence-corrected chi connectivity index (χ4v) is 4.75. The molecule has 0 atom stereocenters. The number of fused-ring (bicyclic) bond motifs is 3. The second kappa shape index (κ2) is 5.94. The molecule has 0 bridgehead atoms. The summed E-state index contributed by atoms with van der Waals surface area (Å²) in [4.78, 5) is 18.3. The van der Waals surface area contributed by atoms with E-state index >= 15 is 0 Å². The quantitative estimate of drug-likeness (QED) is 0.600. The van der Waals surface area contributed by atoms with Gasteiger partial charge in [0.25, 0.3) is 5.56 Å². The first-order chi connectivity index (χ1) is 12.3. The van der Waals surface area contributed by atoms with E-state index in [0.29, 0.717) is 5.39 Å². The minimum Gasteiger partial charge on any atom is -0.268 e. The van der Waals surface area contributed by atoms with Gasteiger partial charge in [-0.2, -0.15) is 13.2 Å². The van der Waals surface area contributed by atoms with Gasteiger partial charge in [0.1, 0.15) is 4.83 Å². The van der Waals surface area contributed by atoms with Gasteiger partial charge >= 0.3 is 6.18 Å². The van der Waals surface area contributed by atoms with Crippen LogP contribution in [0.5, 0.6) is 0 Å². The summed E-state index contributed by atoms with van der Waals surface area (Å²) in [6.45, 7) is 3.69. The molecule has 1 aromatic carbocycles. The van der Waals surface area contributed by atoms with Gasteiger partial charge in [-0.3, -0.25) is 9.36 Å². The highest BCUT2D eigenvalue weighted by molar-refractivity contribution is 7.18. The van der Waals surface area contributed by atoms with Crippen molar-refractivity contribution in [1.82, 2.24) is 9.55 Å². The predicted molar refractivity (Wildman–Crippen MR) is 96.3 cm³/mol. The van der Waals surface area contributed by atoms with E-state index in [-0.39, 0.29) is 10.5 Å². The van der Waals surface area contributed by atoms with Crippen LogP contribution in [0, 0.1) is 13.8 Å². The molecule has 26 heavy (non-hydrogen) atoms. The molecule has 0 spiro atoms. The maximum absolute atomic E-state index is 13.7. The summed E-state index contributed by atoms with van der Waals surface area (Å²) in [5.41, 5.74) is 2.26. The van der Waals surface area contributed by atoms with Crippen molar-refractivity contribution >= 4 is 21.6 Å². The largest absolute Gasteiger partial charge is 0.450 e. The minimum absolute atomic E-state index is 0.203. The number of alkyl halides is 3. The molecule has 0 aliphatic heterocycles. The molecule has 3 aromatic rings. The van der Waals surface area contributed by atoms with Crippen LogP contribution in [0.25, 0.3) is 15.9 Å². The van der Waals surface area contributed by atoms with Crippen LogP contribution in [0.4, 0.5) is 13.2 Å². The molecule has 0 N–H and O–H groups in total. The van der Waals surface area contributed by atoms with Gasteiger partial charge in [-0.05, 0) is 68.4 Å². The number of hydrogen-bond acceptors (Lipinski definition) is 3. The Morgan fingerprint density at radius 3 is 2.54 bits per heavy atom. The Labute approximate surface area is 152 Å². The fraction of sp³-hybridized carbons (Fsp3) is 0.368. The van der Waals surface area contributed by atoms with E-state index in [1.807, 2.05) is 13.8 Å². The van der Waals surface area contributed by atoms with Crippen LogP contribution in [-0.2, 0) is 19.0 Å². The fourth-order valence-electron chi connectivity index (χ4n) is 3.50. The third kappa shape index (κ3) is 2.65. The van der Waals surface area contributed by atoms with Gasteiger partial charge < -0.3 is 0 Å². The molecule has 7 heteroatoms. The lowest BCUT2D eigenvalue weighted by molar-refractivity contribution is -0.146. The first-order valence-corrected chi connectivity index (χ1v) is 9.31. The van der Waals surface area contributed by atoms with Gasteiger partial charge in [-0.15, -0.1) is 11.3 Å². The van der Waals surface area contributed by atoms with Crippen LogP contribution in [0.2, 0.25) is 0 Å². The molecular weight excluding hydrogens is 361 g/mol.